The lowest BCUT2D eigenvalue weighted by Gasteiger charge is -2.30. The maximum absolute atomic E-state index is 10.9. The molecule has 17 heavy (non-hydrogen) atoms. The predicted molar refractivity (Wildman–Crippen MR) is 58.6 cm³/mol. The number of hydrogen-bond acceptors (Lipinski definition) is 3. The molecule has 2 unspecified atom stereocenters. The third-order valence-corrected chi connectivity index (χ3v) is 2.57. The van der Waals surface area contributed by atoms with Crippen molar-refractivity contribution in [2.75, 3.05) is 0 Å². The van der Waals surface area contributed by atoms with E-state index in [1.807, 2.05) is 0 Å². The lowest BCUT2D eigenvalue weighted by molar-refractivity contribution is -0.158. The van der Waals surface area contributed by atoms with Crippen LogP contribution < -0.4 is 0 Å². The van der Waals surface area contributed by atoms with Gasteiger partial charge in [-0.2, -0.15) is 0 Å². The Kier molecular flexibility index (Phi) is 5.37. The van der Waals surface area contributed by atoms with Crippen LogP contribution in [0.25, 0.3) is 0 Å². The second-order valence-corrected chi connectivity index (χ2v) is 3.98. The van der Waals surface area contributed by atoms with E-state index in [1.165, 1.54) is 13.0 Å². The molecule has 96 valence electrons. The van der Waals surface area contributed by atoms with Gasteiger partial charge in [-0.25, -0.2) is 0 Å². The fourth-order valence-corrected chi connectivity index (χ4v) is 1.61. The average Bonchev–Trinajstić information content (AvgIpc) is 2.16. The molecule has 0 fully saturated rings. The molecule has 0 aliphatic heterocycles. The van der Waals surface area contributed by atoms with E-state index >= 15 is 0 Å². The maximum atomic E-state index is 10.9. The van der Waals surface area contributed by atoms with Gasteiger partial charge in [0.2, 0.25) is 0 Å². The van der Waals surface area contributed by atoms with E-state index in [1.54, 1.807) is 6.08 Å². The molecule has 6 nitrogen and oxygen atoms in total. The largest absolute Gasteiger partial charge is 0.481 e. The summed E-state index contributed by atoms with van der Waals surface area (Å²) in [5, 5.41) is 25.1. The third-order valence-electron chi connectivity index (χ3n) is 2.57. The lowest BCUT2D eigenvalue weighted by Crippen LogP contribution is -2.40. The fourth-order valence-electron chi connectivity index (χ4n) is 1.61. The lowest BCUT2D eigenvalue weighted by atomic mass is 9.71. The summed E-state index contributed by atoms with van der Waals surface area (Å²) in [4.78, 5) is 30.7. The number of aliphatic carboxylic acids is 3. The second-order valence-electron chi connectivity index (χ2n) is 3.98. The molecule has 0 saturated carbocycles. The van der Waals surface area contributed by atoms with Crippen LogP contribution in [0, 0.1) is 11.3 Å². The van der Waals surface area contributed by atoms with Gasteiger partial charge in [-0.3, -0.25) is 14.4 Å². The minimum Gasteiger partial charge on any atom is -0.481 e. The number of carboxylic acid groups (broad SMARTS) is 3. The molecule has 0 aromatic carbocycles. The highest BCUT2D eigenvalue weighted by atomic mass is 16.4. The smallest absolute Gasteiger partial charge is 0.314 e. The molecule has 3 N–H and O–H groups in total. The van der Waals surface area contributed by atoms with E-state index in [9.17, 15) is 9.59 Å². The van der Waals surface area contributed by atoms with Crippen LogP contribution in [0.4, 0.5) is 0 Å². The molecule has 1 rings (SSSR count). The van der Waals surface area contributed by atoms with Crippen LogP contribution in [-0.2, 0) is 14.4 Å². The Labute approximate surface area is 98.6 Å². The Morgan fingerprint density at radius 3 is 2.00 bits per heavy atom. The highest BCUT2D eigenvalue weighted by molar-refractivity contribution is 5.85. The van der Waals surface area contributed by atoms with Gasteiger partial charge in [0.25, 0.3) is 5.97 Å². The summed E-state index contributed by atoms with van der Waals surface area (Å²) in [5.41, 5.74) is -1.25. The van der Waals surface area contributed by atoms with E-state index in [0.29, 0.717) is 12.8 Å². The molecule has 0 bridgehead atoms. The number of rotatable bonds is 2. The van der Waals surface area contributed by atoms with Gasteiger partial charge < -0.3 is 15.3 Å². The van der Waals surface area contributed by atoms with Crippen LogP contribution in [0.5, 0.6) is 0 Å². The van der Waals surface area contributed by atoms with E-state index < -0.39 is 29.2 Å². The van der Waals surface area contributed by atoms with E-state index in [-0.39, 0.29) is 0 Å². The predicted octanol–water partition coefficient (Wildman–Crippen LogP) is 1.22. The molecule has 0 aromatic heterocycles. The number of carbonyl (C=O) groups is 3. The van der Waals surface area contributed by atoms with Gasteiger partial charge in [-0.1, -0.05) is 12.2 Å². The van der Waals surface area contributed by atoms with Crippen LogP contribution in [0.3, 0.4) is 0 Å². The van der Waals surface area contributed by atoms with Crippen molar-refractivity contribution < 1.29 is 29.7 Å². The Morgan fingerprint density at radius 2 is 1.71 bits per heavy atom. The Balaban J connectivity index is 0.000000557. The summed E-state index contributed by atoms with van der Waals surface area (Å²) in [6, 6.07) is 0. The van der Waals surface area contributed by atoms with Crippen LogP contribution in [-0.4, -0.2) is 33.2 Å². The molecular formula is C11H16O6. The first-order valence-electron chi connectivity index (χ1n) is 5.05. The van der Waals surface area contributed by atoms with Crippen LogP contribution in [0.15, 0.2) is 12.2 Å². The van der Waals surface area contributed by atoms with Crippen molar-refractivity contribution in [3.63, 3.8) is 0 Å². The zero-order valence-electron chi connectivity index (χ0n) is 9.71. The zero-order valence-corrected chi connectivity index (χ0v) is 9.71. The minimum absolute atomic E-state index is 0.397. The van der Waals surface area contributed by atoms with E-state index in [2.05, 4.69) is 0 Å². The molecule has 6 heteroatoms. The number of allylic oxidation sites excluding steroid dienone is 1. The second kappa shape index (κ2) is 6.03. The van der Waals surface area contributed by atoms with Gasteiger partial charge in [0.15, 0.2) is 0 Å². The Hall–Kier alpha value is -1.85. The van der Waals surface area contributed by atoms with Gasteiger partial charge in [0.05, 0.1) is 11.3 Å². The first-order chi connectivity index (χ1) is 7.71. The highest BCUT2D eigenvalue weighted by Crippen LogP contribution is 2.36. The Morgan fingerprint density at radius 1 is 1.24 bits per heavy atom. The molecule has 0 aromatic rings. The van der Waals surface area contributed by atoms with Crippen molar-refractivity contribution in [3.05, 3.63) is 12.2 Å². The quantitative estimate of drug-likeness (QED) is 0.629. The van der Waals surface area contributed by atoms with Crippen LogP contribution in [0.1, 0.15) is 26.7 Å². The summed E-state index contributed by atoms with van der Waals surface area (Å²) in [7, 11) is 0. The van der Waals surface area contributed by atoms with Crippen LogP contribution in [0.2, 0.25) is 0 Å². The van der Waals surface area contributed by atoms with Crippen molar-refractivity contribution in [1.29, 1.82) is 0 Å². The molecule has 1 aliphatic rings. The van der Waals surface area contributed by atoms with Crippen molar-refractivity contribution in [1.82, 2.24) is 0 Å². The van der Waals surface area contributed by atoms with Crippen molar-refractivity contribution in [2.45, 2.75) is 26.7 Å². The summed E-state index contributed by atoms with van der Waals surface area (Å²) in [6.07, 6.45) is 4.25. The van der Waals surface area contributed by atoms with Gasteiger partial charge in [-0.05, 0) is 19.8 Å². The summed E-state index contributed by atoms with van der Waals surface area (Å²) in [6.45, 7) is 2.53. The molecule has 0 radical (unpaired) electrons. The maximum Gasteiger partial charge on any atom is 0.314 e. The Bertz CT molecular complexity index is 342. The van der Waals surface area contributed by atoms with Gasteiger partial charge in [-0.15, -0.1) is 0 Å². The highest BCUT2D eigenvalue weighted by Gasteiger charge is 2.44. The molecule has 0 heterocycles. The standard InChI is InChI=1S/C9H12O4.C2H4O2/c1-9(8(12)13)5-3-2-4-6(9)7(10)11;1-2(3)4/h3,5-6H,2,4H2,1H3,(H,10,11)(H,12,13);1H3,(H,3,4). The molecule has 2 atom stereocenters. The zero-order chi connectivity index (χ0) is 13.6. The van der Waals surface area contributed by atoms with Crippen molar-refractivity contribution in [2.24, 2.45) is 11.3 Å². The van der Waals surface area contributed by atoms with E-state index in [0.717, 1.165) is 6.92 Å². The van der Waals surface area contributed by atoms with Gasteiger partial charge in [0, 0.05) is 6.92 Å². The topological polar surface area (TPSA) is 112 Å². The molecule has 0 saturated heterocycles. The summed E-state index contributed by atoms with van der Waals surface area (Å²) >= 11 is 0. The van der Waals surface area contributed by atoms with E-state index in [4.69, 9.17) is 20.1 Å². The summed E-state index contributed by atoms with van der Waals surface area (Å²) in [5.74, 6) is -3.75. The molecule has 0 spiro atoms. The normalized spacial score (nSPS) is 26.6. The first-order valence-corrected chi connectivity index (χ1v) is 5.05. The molecular weight excluding hydrogens is 228 g/mol. The average molecular weight is 244 g/mol. The third kappa shape index (κ3) is 4.26. The monoisotopic (exact) mass is 244 g/mol. The SMILES string of the molecule is CC(=O)O.CC1(C(=O)O)C=CCCC1C(=O)O. The molecule has 0 amide bonds. The van der Waals surface area contributed by atoms with Crippen molar-refractivity contribution in [3.8, 4) is 0 Å². The summed E-state index contributed by atoms with van der Waals surface area (Å²) < 4.78 is 0. The number of hydrogen-bond donors (Lipinski definition) is 3. The molecule has 1 aliphatic carbocycles. The minimum atomic E-state index is -1.25. The van der Waals surface area contributed by atoms with Crippen LogP contribution >= 0.6 is 0 Å². The van der Waals surface area contributed by atoms with Gasteiger partial charge in [0.1, 0.15) is 0 Å². The van der Waals surface area contributed by atoms with Crippen molar-refractivity contribution >= 4 is 17.9 Å². The van der Waals surface area contributed by atoms with Gasteiger partial charge >= 0.3 is 11.9 Å². The number of carboxylic acids is 3. The first kappa shape index (κ1) is 15.2. The fraction of sp³-hybridized carbons (Fsp3) is 0.545.